The van der Waals surface area contributed by atoms with Crippen LogP contribution < -0.4 is 5.32 Å². The topological polar surface area (TPSA) is 50.7 Å². The number of nitrogens with zero attached hydrogens (tertiary/aromatic N) is 3. The van der Waals surface area contributed by atoms with Gasteiger partial charge in [-0.05, 0) is 30.7 Å². The highest BCUT2D eigenvalue weighted by Crippen LogP contribution is 2.18. The van der Waals surface area contributed by atoms with Crippen molar-refractivity contribution in [3.63, 3.8) is 0 Å². The number of aromatic nitrogens is 3. The molecule has 4 heteroatoms. The van der Waals surface area contributed by atoms with Crippen LogP contribution in [0.15, 0.2) is 43.1 Å². The molecule has 0 aliphatic rings. The molecule has 0 bridgehead atoms. The number of hydrogen-bond acceptors (Lipinski definition) is 4. The van der Waals surface area contributed by atoms with E-state index in [-0.39, 0.29) is 6.04 Å². The summed E-state index contributed by atoms with van der Waals surface area (Å²) in [4.78, 5) is 12.5. The molecule has 2 heterocycles. The van der Waals surface area contributed by atoms with Crippen molar-refractivity contribution in [3.8, 4) is 0 Å². The molecule has 0 spiro atoms. The Hall–Kier alpha value is -1.81. The van der Waals surface area contributed by atoms with E-state index in [0.717, 1.165) is 24.2 Å². The van der Waals surface area contributed by atoms with Gasteiger partial charge >= 0.3 is 0 Å². The van der Waals surface area contributed by atoms with Crippen molar-refractivity contribution < 1.29 is 0 Å². The molecule has 2 aromatic rings. The minimum Gasteiger partial charge on any atom is -0.305 e. The van der Waals surface area contributed by atoms with Gasteiger partial charge in [-0.1, -0.05) is 6.92 Å². The fraction of sp³-hybridized carbons (Fsp3) is 0.308. The molecule has 0 aromatic carbocycles. The zero-order valence-corrected chi connectivity index (χ0v) is 9.87. The summed E-state index contributed by atoms with van der Waals surface area (Å²) in [6.45, 7) is 3.09. The highest BCUT2D eigenvalue weighted by Gasteiger charge is 2.14. The quantitative estimate of drug-likeness (QED) is 0.850. The van der Waals surface area contributed by atoms with Crippen LogP contribution in [-0.4, -0.2) is 21.5 Å². The first-order chi connectivity index (χ1) is 8.42. The molecule has 4 nitrogen and oxygen atoms in total. The molecule has 0 fully saturated rings. The Balaban J connectivity index is 2.26. The second-order valence-corrected chi connectivity index (χ2v) is 3.80. The summed E-state index contributed by atoms with van der Waals surface area (Å²) < 4.78 is 0. The second-order valence-electron chi connectivity index (χ2n) is 3.80. The molecule has 0 aliphatic heterocycles. The van der Waals surface area contributed by atoms with Crippen LogP contribution in [0.2, 0.25) is 0 Å². The van der Waals surface area contributed by atoms with E-state index in [1.165, 1.54) is 0 Å². The molecule has 2 aromatic heterocycles. The van der Waals surface area contributed by atoms with Gasteiger partial charge in [0.15, 0.2) is 0 Å². The molecular weight excluding hydrogens is 212 g/mol. The fourth-order valence-electron chi connectivity index (χ4n) is 1.70. The van der Waals surface area contributed by atoms with Crippen molar-refractivity contribution in [1.29, 1.82) is 0 Å². The highest BCUT2D eigenvalue weighted by atomic mass is 14.9. The zero-order chi connectivity index (χ0) is 11.9. The first-order valence-electron chi connectivity index (χ1n) is 5.81. The van der Waals surface area contributed by atoms with E-state index < -0.39 is 0 Å². The maximum atomic E-state index is 4.36. The van der Waals surface area contributed by atoms with E-state index >= 15 is 0 Å². The number of hydrogen-bond donors (Lipinski definition) is 1. The maximum absolute atomic E-state index is 4.36. The molecule has 0 radical (unpaired) electrons. The molecule has 17 heavy (non-hydrogen) atoms. The molecule has 0 saturated carbocycles. The van der Waals surface area contributed by atoms with Crippen molar-refractivity contribution in [3.05, 3.63) is 54.4 Å². The van der Waals surface area contributed by atoms with Crippen LogP contribution in [0.4, 0.5) is 0 Å². The van der Waals surface area contributed by atoms with Crippen molar-refractivity contribution in [1.82, 2.24) is 20.3 Å². The zero-order valence-electron chi connectivity index (χ0n) is 9.87. The number of nitrogens with one attached hydrogen (secondary N) is 1. The smallest absolute Gasteiger partial charge is 0.0801 e. The number of rotatable bonds is 5. The van der Waals surface area contributed by atoms with Gasteiger partial charge in [-0.2, -0.15) is 0 Å². The molecule has 0 saturated heterocycles. The monoisotopic (exact) mass is 228 g/mol. The lowest BCUT2D eigenvalue weighted by Crippen LogP contribution is -2.24. The van der Waals surface area contributed by atoms with Crippen LogP contribution in [-0.2, 0) is 0 Å². The van der Waals surface area contributed by atoms with Gasteiger partial charge in [0.25, 0.3) is 0 Å². The molecule has 2 rings (SSSR count). The standard InChI is InChI=1S/C13H16N4/c1-2-5-17-13(11-3-6-14-7-4-11)12-10-15-8-9-16-12/h3-4,6-10,13,17H,2,5H2,1H3. The normalized spacial score (nSPS) is 12.3. The fourth-order valence-corrected chi connectivity index (χ4v) is 1.70. The van der Waals surface area contributed by atoms with E-state index in [9.17, 15) is 0 Å². The Morgan fingerprint density at radius 3 is 2.59 bits per heavy atom. The lowest BCUT2D eigenvalue weighted by molar-refractivity contribution is 0.584. The predicted molar refractivity (Wildman–Crippen MR) is 66.4 cm³/mol. The van der Waals surface area contributed by atoms with Gasteiger partial charge in [-0.25, -0.2) is 0 Å². The van der Waals surface area contributed by atoms with E-state index in [1.54, 1.807) is 31.0 Å². The van der Waals surface area contributed by atoms with Crippen LogP contribution >= 0.6 is 0 Å². The predicted octanol–water partition coefficient (Wildman–Crippen LogP) is 1.96. The first-order valence-corrected chi connectivity index (χ1v) is 5.81. The summed E-state index contributed by atoms with van der Waals surface area (Å²) in [5.74, 6) is 0. The van der Waals surface area contributed by atoms with Crippen LogP contribution in [0.1, 0.15) is 30.6 Å². The third-order valence-electron chi connectivity index (χ3n) is 2.52. The maximum Gasteiger partial charge on any atom is 0.0801 e. The van der Waals surface area contributed by atoms with Gasteiger partial charge in [0.2, 0.25) is 0 Å². The highest BCUT2D eigenvalue weighted by molar-refractivity contribution is 5.24. The van der Waals surface area contributed by atoms with E-state index in [1.807, 2.05) is 12.1 Å². The van der Waals surface area contributed by atoms with E-state index in [4.69, 9.17) is 0 Å². The largest absolute Gasteiger partial charge is 0.305 e. The lowest BCUT2D eigenvalue weighted by Gasteiger charge is -2.17. The van der Waals surface area contributed by atoms with Gasteiger partial charge in [0, 0.05) is 24.8 Å². The molecule has 88 valence electrons. The Kier molecular flexibility index (Phi) is 4.16. The third-order valence-corrected chi connectivity index (χ3v) is 2.52. The van der Waals surface area contributed by atoms with Gasteiger partial charge < -0.3 is 5.32 Å². The van der Waals surface area contributed by atoms with Gasteiger partial charge in [0.1, 0.15) is 0 Å². The summed E-state index contributed by atoms with van der Waals surface area (Å²) >= 11 is 0. The van der Waals surface area contributed by atoms with Gasteiger partial charge in [-0.15, -0.1) is 0 Å². The van der Waals surface area contributed by atoms with Crippen molar-refractivity contribution in [2.45, 2.75) is 19.4 Å². The minimum atomic E-state index is 0.0895. The minimum absolute atomic E-state index is 0.0895. The van der Waals surface area contributed by atoms with Crippen LogP contribution in [0, 0.1) is 0 Å². The summed E-state index contributed by atoms with van der Waals surface area (Å²) in [5.41, 5.74) is 2.10. The average Bonchev–Trinajstić information content (AvgIpc) is 2.42. The summed E-state index contributed by atoms with van der Waals surface area (Å²) in [5, 5.41) is 3.47. The van der Waals surface area contributed by atoms with Crippen LogP contribution in [0.25, 0.3) is 0 Å². The van der Waals surface area contributed by atoms with Crippen LogP contribution in [0.5, 0.6) is 0 Å². The van der Waals surface area contributed by atoms with E-state index in [0.29, 0.717) is 0 Å². The van der Waals surface area contributed by atoms with Crippen molar-refractivity contribution in [2.24, 2.45) is 0 Å². The van der Waals surface area contributed by atoms with E-state index in [2.05, 4.69) is 27.2 Å². The Morgan fingerprint density at radius 1 is 1.12 bits per heavy atom. The summed E-state index contributed by atoms with van der Waals surface area (Å²) in [6, 6.07) is 4.09. The molecule has 1 unspecified atom stereocenters. The van der Waals surface area contributed by atoms with Gasteiger partial charge in [-0.3, -0.25) is 15.0 Å². The third kappa shape index (κ3) is 3.07. The molecule has 0 aliphatic carbocycles. The lowest BCUT2D eigenvalue weighted by atomic mass is 10.1. The molecule has 1 atom stereocenters. The molecular formula is C13H16N4. The summed E-state index contributed by atoms with van der Waals surface area (Å²) in [6.07, 6.45) is 9.89. The molecule has 0 amide bonds. The van der Waals surface area contributed by atoms with Crippen LogP contribution in [0.3, 0.4) is 0 Å². The first kappa shape index (κ1) is 11.7. The Labute approximate surface area is 101 Å². The van der Waals surface area contributed by atoms with Gasteiger partial charge in [0.05, 0.1) is 17.9 Å². The molecule has 1 N–H and O–H groups in total. The average molecular weight is 228 g/mol. The number of pyridine rings is 1. The second kappa shape index (κ2) is 6.06. The SMILES string of the molecule is CCCNC(c1ccncc1)c1cnccn1. The Morgan fingerprint density at radius 2 is 1.94 bits per heavy atom. The Bertz CT molecular complexity index is 390. The van der Waals surface area contributed by atoms with Crippen molar-refractivity contribution in [2.75, 3.05) is 6.54 Å². The summed E-state index contributed by atoms with van der Waals surface area (Å²) in [7, 11) is 0. The van der Waals surface area contributed by atoms with Crippen molar-refractivity contribution >= 4 is 0 Å².